The van der Waals surface area contributed by atoms with Crippen LogP contribution in [-0.2, 0) is 0 Å². The number of thiazole rings is 1. The van der Waals surface area contributed by atoms with Gasteiger partial charge in [-0.1, -0.05) is 13.3 Å². The number of nitrogens with zero attached hydrogens (tertiary/aromatic N) is 1. The van der Waals surface area contributed by atoms with Crippen LogP contribution in [0.2, 0.25) is 0 Å². The number of aromatic nitrogens is 1. The molecule has 1 heterocycles. The van der Waals surface area contributed by atoms with E-state index >= 15 is 0 Å². The summed E-state index contributed by atoms with van der Waals surface area (Å²) in [6.45, 7) is 7.74. The minimum absolute atomic E-state index is 0.402. The second kappa shape index (κ2) is 4.84. The Balaban J connectivity index is 1.82. The highest BCUT2D eigenvalue weighted by Crippen LogP contribution is 2.49. The maximum Gasteiger partial charge on any atom is 0.0898 e. The van der Waals surface area contributed by atoms with E-state index in [0.29, 0.717) is 11.5 Å². The van der Waals surface area contributed by atoms with Crippen molar-refractivity contribution in [3.63, 3.8) is 0 Å². The molecule has 1 aliphatic carbocycles. The molecular formula is C13H22N2S. The van der Waals surface area contributed by atoms with Crippen LogP contribution in [0.15, 0.2) is 5.38 Å². The number of hydrogen-bond acceptors (Lipinski definition) is 3. The van der Waals surface area contributed by atoms with Gasteiger partial charge in [0.15, 0.2) is 0 Å². The Morgan fingerprint density at radius 2 is 2.31 bits per heavy atom. The van der Waals surface area contributed by atoms with Gasteiger partial charge in [-0.2, -0.15) is 0 Å². The summed E-state index contributed by atoms with van der Waals surface area (Å²) in [6, 6.07) is 0.402. The lowest BCUT2D eigenvalue weighted by Gasteiger charge is -2.18. The van der Waals surface area contributed by atoms with Crippen molar-refractivity contribution in [1.29, 1.82) is 0 Å². The zero-order valence-electron chi connectivity index (χ0n) is 10.5. The Kier molecular flexibility index (Phi) is 3.65. The summed E-state index contributed by atoms with van der Waals surface area (Å²) in [5.74, 6) is 0. The third-order valence-corrected chi connectivity index (χ3v) is 4.39. The first-order valence-corrected chi connectivity index (χ1v) is 7.18. The number of aryl methyl sites for hydroxylation is 1. The van der Waals surface area contributed by atoms with Crippen LogP contribution in [0.3, 0.4) is 0 Å². The molecule has 1 aliphatic rings. The van der Waals surface area contributed by atoms with Crippen LogP contribution in [0.25, 0.3) is 0 Å². The van der Waals surface area contributed by atoms with Crippen molar-refractivity contribution in [2.24, 2.45) is 5.41 Å². The van der Waals surface area contributed by atoms with E-state index in [1.807, 2.05) is 0 Å². The second-order valence-electron chi connectivity index (χ2n) is 5.14. The molecule has 3 heteroatoms. The van der Waals surface area contributed by atoms with Crippen molar-refractivity contribution < 1.29 is 0 Å². The van der Waals surface area contributed by atoms with E-state index in [-0.39, 0.29) is 0 Å². The smallest absolute Gasteiger partial charge is 0.0898 e. The van der Waals surface area contributed by atoms with Crippen LogP contribution >= 0.6 is 11.3 Å². The van der Waals surface area contributed by atoms with Crippen LogP contribution < -0.4 is 5.32 Å². The molecule has 0 radical (unpaired) electrons. The van der Waals surface area contributed by atoms with Gasteiger partial charge in [0.25, 0.3) is 0 Å². The third-order valence-electron chi connectivity index (χ3n) is 3.60. The molecule has 2 nitrogen and oxygen atoms in total. The molecule has 0 spiro atoms. The molecule has 16 heavy (non-hydrogen) atoms. The number of rotatable bonds is 6. The molecule has 1 aromatic heterocycles. The Morgan fingerprint density at radius 3 is 2.81 bits per heavy atom. The Bertz CT molecular complexity index is 341. The first kappa shape index (κ1) is 12.1. The molecule has 2 rings (SSSR count). The molecule has 1 N–H and O–H groups in total. The van der Waals surface area contributed by atoms with Crippen LogP contribution in [0.4, 0.5) is 0 Å². The fraction of sp³-hybridized carbons (Fsp3) is 0.769. The van der Waals surface area contributed by atoms with Crippen LogP contribution in [0.5, 0.6) is 0 Å². The molecule has 0 aromatic carbocycles. The molecule has 1 aromatic rings. The standard InChI is InChI=1S/C13H22N2S/c1-4-5-13(6-7-13)9-14-10(2)12-8-16-11(3)15-12/h8,10,14H,4-7,9H2,1-3H3. The van der Waals surface area contributed by atoms with Gasteiger partial charge in [-0.3, -0.25) is 0 Å². The van der Waals surface area contributed by atoms with E-state index in [1.165, 1.54) is 42.9 Å². The van der Waals surface area contributed by atoms with Gasteiger partial charge in [-0.15, -0.1) is 11.3 Å². The summed E-state index contributed by atoms with van der Waals surface area (Å²) < 4.78 is 0. The van der Waals surface area contributed by atoms with Crippen molar-refractivity contribution in [3.05, 3.63) is 16.1 Å². The molecule has 1 fully saturated rings. The van der Waals surface area contributed by atoms with Gasteiger partial charge in [-0.25, -0.2) is 4.98 Å². The van der Waals surface area contributed by atoms with E-state index in [9.17, 15) is 0 Å². The second-order valence-corrected chi connectivity index (χ2v) is 6.21. The predicted octanol–water partition coefficient (Wildman–Crippen LogP) is 3.68. The fourth-order valence-electron chi connectivity index (χ4n) is 2.28. The first-order chi connectivity index (χ1) is 7.65. The minimum Gasteiger partial charge on any atom is -0.308 e. The molecule has 1 saturated carbocycles. The zero-order valence-corrected chi connectivity index (χ0v) is 11.4. The van der Waals surface area contributed by atoms with E-state index in [0.717, 1.165) is 0 Å². The van der Waals surface area contributed by atoms with Crippen molar-refractivity contribution in [3.8, 4) is 0 Å². The monoisotopic (exact) mass is 238 g/mol. The maximum atomic E-state index is 4.53. The van der Waals surface area contributed by atoms with Crippen LogP contribution in [0, 0.1) is 12.3 Å². The number of hydrogen-bond donors (Lipinski definition) is 1. The SMILES string of the molecule is CCCC1(CNC(C)c2csc(C)n2)CC1. The van der Waals surface area contributed by atoms with Gasteiger partial charge in [0.2, 0.25) is 0 Å². The largest absolute Gasteiger partial charge is 0.308 e. The topological polar surface area (TPSA) is 24.9 Å². The van der Waals surface area contributed by atoms with Gasteiger partial charge in [0.05, 0.1) is 10.7 Å². The Hall–Kier alpha value is -0.410. The fourth-order valence-corrected chi connectivity index (χ4v) is 2.98. The first-order valence-electron chi connectivity index (χ1n) is 6.31. The van der Waals surface area contributed by atoms with Crippen molar-refractivity contribution in [1.82, 2.24) is 10.3 Å². The van der Waals surface area contributed by atoms with Crippen molar-refractivity contribution >= 4 is 11.3 Å². The summed E-state index contributed by atoms with van der Waals surface area (Å²) in [5, 5.41) is 6.98. The molecule has 0 aliphatic heterocycles. The van der Waals surface area contributed by atoms with Gasteiger partial charge >= 0.3 is 0 Å². The Labute approximate surface area is 102 Å². The average molecular weight is 238 g/mol. The van der Waals surface area contributed by atoms with E-state index in [1.54, 1.807) is 11.3 Å². The predicted molar refractivity (Wildman–Crippen MR) is 69.8 cm³/mol. The van der Waals surface area contributed by atoms with Gasteiger partial charge in [0.1, 0.15) is 0 Å². The lowest BCUT2D eigenvalue weighted by Crippen LogP contribution is -2.27. The average Bonchev–Trinajstić information content (AvgIpc) is 2.89. The van der Waals surface area contributed by atoms with E-state index in [4.69, 9.17) is 0 Å². The molecule has 0 saturated heterocycles. The maximum absolute atomic E-state index is 4.53. The minimum atomic E-state index is 0.402. The summed E-state index contributed by atoms with van der Waals surface area (Å²) in [5.41, 5.74) is 1.84. The zero-order chi connectivity index (χ0) is 11.6. The highest BCUT2D eigenvalue weighted by molar-refractivity contribution is 7.09. The molecule has 1 atom stereocenters. The van der Waals surface area contributed by atoms with Crippen LogP contribution in [0.1, 0.15) is 56.3 Å². The summed E-state index contributed by atoms with van der Waals surface area (Å²) in [7, 11) is 0. The quantitative estimate of drug-likeness (QED) is 0.817. The van der Waals surface area contributed by atoms with E-state index < -0.39 is 0 Å². The normalized spacial score (nSPS) is 19.7. The molecular weight excluding hydrogens is 216 g/mol. The van der Waals surface area contributed by atoms with E-state index in [2.05, 4.69) is 36.5 Å². The highest BCUT2D eigenvalue weighted by Gasteiger charge is 2.41. The lowest BCUT2D eigenvalue weighted by atomic mass is 10.0. The summed E-state index contributed by atoms with van der Waals surface area (Å²) in [6.07, 6.45) is 5.52. The molecule has 90 valence electrons. The summed E-state index contributed by atoms with van der Waals surface area (Å²) >= 11 is 1.74. The Morgan fingerprint density at radius 1 is 1.56 bits per heavy atom. The van der Waals surface area contributed by atoms with Gasteiger partial charge in [0, 0.05) is 18.0 Å². The lowest BCUT2D eigenvalue weighted by molar-refractivity contribution is 0.395. The van der Waals surface area contributed by atoms with Gasteiger partial charge in [-0.05, 0) is 38.5 Å². The van der Waals surface area contributed by atoms with Crippen molar-refractivity contribution in [2.45, 2.75) is 52.5 Å². The van der Waals surface area contributed by atoms with Gasteiger partial charge < -0.3 is 5.32 Å². The highest BCUT2D eigenvalue weighted by atomic mass is 32.1. The van der Waals surface area contributed by atoms with Crippen molar-refractivity contribution in [2.75, 3.05) is 6.54 Å². The van der Waals surface area contributed by atoms with Crippen LogP contribution in [-0.4, -0.2) is 11.5 Å². The third kappa shape index (κ3) is 2.83. The number of nitrogens with one attached hydrogen (secondary N) is 1. The molecule has 0 bridgehead atoms. The molecule has 1 unspecified atom stereocenters. The summed E-state index contributed by atoms with van der Waals surface area (Å²) in [4.78, 5) is 4.53. The molecule has 0 amide bonds.